The van der Waals surface area contributed by atoms with Crippen LogP contribution >= 0.6 is 0 Å². The fourth-order valence-corrected chi connectivity index (χ4v) is 2.66. The minimum absolute atomic E-state index is 0.0893. The van der Waals surface area contributed by atoms with Gasteiger partial charge in [0.15, 0.2) is 17.5 Å². The molecule has 1 aliphatic rings. The van der Waals surface area contributed by atoms with Crippen molar-refractivity contribution in [1.29, 1.82) is 0 Å². The fourth-order valence-electron chi connectivity index (χ4n) is 2.66. The quantitative estimate of drug-likeness (QED) is 0.657. The molecule has 0 unspecified atom stereocenters. The van der Waals surface area contributed by atoms with Crippen molar-refractivity contribution in [3.63, 3.8) is 0 Å². The second kappa shape index (κ2) is 8.26. The Balaban J connectivity index is 1.87. The Bertz CT molecular complexity index is 939. The molecule has 8 heteroatoms. The Kier molecular flexibility index (Phi) is 5.59. The van der Waals surface area contributed by atoms with E-state index in [1.165, 1.54) is 13.0 Å². The number of hydrogen-bond acceptors (Lipinski definition) is 5. The van der Waals surface area contributed by atoms with Crippen LogP contribution in [0.25, 0.3) is 6.08 Å². The zero-order valence-electron chi connectivity index (χ0n) is 15.0. The number of ether oxygens (including phenoxy) is 2. The van der Waals surface area contributed by atoms with Crippen molar-refractivity contribution >= 4 is 23.9 Å². The Hall–Kier alpha value is -3.81. The maximum absolute atomic E-state index is 12.7. The van der Waals surface area contributed by atoms with E-state index < -0.39 is 23.8 Å². The zero-order chi connectivity index (χ0) is 20.1. The van der Waals surface area contributed by atoms with Crippen molar-refractivity contribution in [1.82, 2.24) is 10.6 Å². The summed E-state index contributed by atoms with van der Waals surface area (Å²) in [7, 11) is 0. The van der Waals surface area contributed by atoms with Crippen LogP contribution in [0.15, 0.2) is 54.2 Å². The van der Waals surface area contributed by atoms with Crippen molar-refractivity contribution in [2.75, 3.05) is 6.79 Å². The summed E-state index contributed by atoms with van der Waals surface area (Å²) in [5.41, 5.74) is 0.900. The number of hydrogen-bond donors (Lipinski definition) is 3. The predicted octanol–water partition coefficient (Wildman–Crippen LogP) is 1.83. The molecule has 0 aromatic heterocycles. The maximum atomic E-state index is 12.7. The van der Waals surface area contributed by atoms with Crippen LogP contribution in [-0.2, 0) is 14.4 Å². The van der Waals surface area contributed by atoms with E-state index >= 15 is 0 Å². The molecule has 0 aliphatic carbocycles. The van der Waals surface area contributed by atoms with E-state index in [0.717, 1.165) is 0 Å². The number of nitrogens with one attached hydrogen (secondary N) is 2. The molecule has 3 rings (SSSR count). The molecule has 28 heavy (non-hydrogen) atoms. The standard InChI is InChI=1S/C20H18N2O6/c1-12(23)21-15(9-13-7-8-16-17(10-13)28-11-27-16)19(24)22-18(20(25)26)14-5-3-2-4-6-14/h2-10,18H,11H2,1H3,(H,21,23)(H,22,24)(H,25,26)/b15-9-/t18-/m1/s1. The summed E-state index contributed by atoms with van der Waals surface area (Å²) < 4.78 is 10.5. The molecule has 2 aromatic carbocycles. The summed E-state index contributed by atoms with van der Waals surface area (Å²) in [5.74, 6) is -1.32. The lowest BCUT2D eigenvalue weighted by Gasteiger charge is -2.16. The molecule has 0 bridgehead atoms. The molecular weight excluding hydrogens is 364 g/mol. The van der Waals surface area contributed by atoms with Gasteiger partial charge < -0.3 is 25.2 Å². The van der Waals surface area contributed by atoms with Gasteiger partial charge in [0.25, 0.3) is 5.91 Å². The fraction of sp³-hybridized carbons (Fsp3) is 0.150. The highest BCUT2D eigenvalue weighted by molar-refractivity contribution is 6.02. The molecule has 0 saturated carbocycles. The van der Waals surface area contributed by atoms with Crippen molar-refractivity contribution in [2.45, 2.75) is 13.0 Å². The Morgan fingerprint density at radius 2 is 1.79 bits per heavy atom. The van der Waals surface area contributed by atoms with Crippen LogP contribution in [0.2, 0.25) is 0 Å². The molecule has 1 heterocycles. The Morgan fingerprint density at radius 3 is 2.46 bits per heavy atom. The third-order valence-electron chi connectivity index (χ3n) is 3.92. The van der Waals surface area contributed by atoms with E-state index in [4.69, 9.17) is 9.47 Å². The van der Waals surface area contributed by atoms with E-state index in [9.17, 15) is 19.5 Å². The van der Waals surface area contributed by atoms with Crippen molar-refractivity contribution in [3.05, 3.63) is 65.4 Å². The van der Waals surface area contributed by atoms with Crippen LogP contribution < -0.4 is 20.1 Å². The molecule has 3 N–H and O–H groups in total. The highest BCUT2D eigenvalue weighted by Gasteiger charge is 2.24. The van der Waals surface area contributed by atoms with Crippen LogP contribution in [0.5, 0.6) is 11.5 Å². The van der Waals surface area contributed by atoms with E-state index in [2.05, 4.69) is 10.6 Å². The second-order valence-electron chi connectivity index (χ2n) is 6.01. The molecule has 2 aromatic rings. The summed E-state index contributed by atoms with van der Waals surface area (Å²) in [6.07, 6.45) is 1.43. The second-order valence-corrected chi connectivity index (χ2v) is 6.01. The molecule has 0 spiro atoms. The van der Waals surface area contributed by atoms with Gasteiger partial charge in [0.2, 0.25) is 12.7 Å². The lowest BCUT2D eigenvalue weighted by molar-refractivity contribution is -0.141. The first-order chi connectivity index (χ1) is 13.4. The van der Waals surface area contributed by atoms with Gasteiger partial charge in [0, 0.05) is 6.92 Å². The highest BCUT2D eigenvalue weighted by Crippen LogP contribution is 2.33. The summed E-state index contributed by atoms with van der Waals surface area (Å²) in [4.78, 5) is 35.8. The van der Waals surface area contributed by atoms with Gasteiger partial charge in [-0.05, 0) is 29.3 Å². The molecule has 8 nitrogen and oxygen atoms in total. The SMILES string of the molecule is CC(=O)N/C(=C\c1ccc2c(c1)OCO2)C(=O)N[C@@H](C(=O)O)c1ccccc1. The molecular formula is C20H18N2O6. The summed E-state index contributed by atoms with van der Waals surface area (Å²) in [6.45, 7) is 1.37. The number of benzene rings is 2. The molecule has 0 fully saturated rings. The van der Waals surface area contributed by atoms with Gasteiger partial charge in [-0.1, -0.05) is 36.4 Å². The molecule has 1 aliphatic heterocycles. The van der Waals surface area contributed by atoms with Crippen LogP contribution in [0.3, 0.4) is 0 Å². The first kappa shape index (κ1) is 19.0. The summed E-state index contributed by atoms with van der Waals surface area (Å²) in [5, 5.41) is 14.4. The third kappa shape index (κ3) is 4.47. The molecule has 0 radical (unpaired) electrons. The zero-order valence-corrected chi connectivity index (χ0v) is 15.0. The maximum Gasteiger partial charge on any atom is 0.330 e. The topological polar surface area (TPSA) is 114 Å². The average molecular weight is 382 g/mol. The normalized spacial score (nSPS) is 13.5. The van der Waals surface area contributed by atoms with Gasteiger partial charge in [-0.15, -0.1) is 0 Å². The molecule has 2 amide bonds. The third-order valence-corrected chi connectivity index (χ3v) is 3.92. The summed E-state index contributed by atoms with van der Waals surface area (Å²) >= 11 is 0. The minimum atomic E-state index is -1.26. The number of carboxylic acids is 1. The predicted molar refractivity (Wildman–Crippen MR) is 99.3 cm³/mol. The van der Waals surface area contributed by atoms with Gasteiger partial charge in [-0.2, -0.15) is 0 Å². The van der Waals surface area contributed by atoms with Crippen LogP contribution in [0.1, 0.15) is 24.1 Å². The number of aliphatic carboxylic acids is 1. The van der Waals surface area contributed by atoms with Gasteiger partial charge in [-0.3, -0.25) is 9.59 Å². The van der Waals surface area contributed by atoms with E-state index in [1.54, 1.807) is 48.5 Å². The Morgan fingerprint density at radius 1 is 1.07 bits per heavy atom. The number of rotatable bonds is 6. The van der Waals surface area contributed by atoms with Gasteiger partial charge in [0.05, 0.1) is 0 Å². The monoisotopic (exact) mass is 382 g/mol. The van der Waals surface area contributed by atoms with Gasteiger partial charge in [0.1, 0.15) is 5.70 Å². The van der Waals surface area contributed by atoms with Crippen LogP contribution in [-0.4, -0.2) is 29.7 Å². The lowest BCUT2D eigenvalue weighted by Crippen LogP contribution is -2.39. The number of carbonyl (C=O) groups is 3. The molecule has 0 saturated heterocycles. The molecule has 144 valence electrons. The van der Waals surface area contributed by atoms with E-state index in [-0.39, 0.29) is 12.5 Å². The smallest absolute Gasteiger partial charge is 0.330 e. The van der Waals surface area contributed by atoms with Crippen LogP contribution in [0, 0.1) is 0 Å². The summed E-state index contributed by atoms with van der Waals surface area (Å²) in [6, 6.07) is 12.1. The Labute approximate surface area is 160 Å². The first-order valence-electron chi connectivity index (χ1n) is 8.41. The number of carboxylic acid groups (broad SMARTS) is 1. The van der Waals surface area contributed by atoms with E-state index in [1.807, 2.05) is 0 Å². The number of carbonyl (C=O) groups excluding carboxylic acids is 2. The van der Waals surface area contributed by atoms with Crippen LogP contribution in [0.4, 0.5) is 0 Å². The van der Waals surface area contributed by atoms with Crippen molar-refractivity contribution < 1.29 is 29.0 Å². The van der Waals surface area contributed by atoms with Gasteiger partial charge >= 0.3 is 5.97 Å². The lowest BCUT2D eigenvalue weighted by atomic mass is 10.1. The van der Waals surface area contributed by atoms with Gasteiger partial charge in [-0.25, -0.2) is 4.79 Å². The van der Waals surface area contributed by atoms with Crippen molar-refractivity contribution in [2.24, 2.45) is 0 Å². The largest absolute Gasteiger partial charge is 0.479 e. The number of fused-ring (bicyclic) bond motifs is 1. The van der Waals surface area contributed by atoms with Crippen molar-refractivity contribution in [3.8, 4) is 11.5 Å². The minimum Gasteiger partial charge on any atom is -0.479 e. The number of amides is 2. The first-order valence-corrected chi connectivity index (χ1v) is 8.41. The molecule has 1 atom stereocenters. The highest BCUT2D eigenvalue weighted by atomic mass is 16.7. The average Bonchev–Trinajstić information content (AvgIpc) is 3.13. The van der Waals surface area contributed by atoms with E-state index in [0.29, 0.717) is 22.6 Å².